The monoisotopic (exact) mass is 216 g/mol. The molecule has 0 heterocycles. The van der Waals surface area contributed by atoms with Gasteiger partial charge in [0.15, 0.2) is 0 Å². The van der Waals surface area contributed by atoms with Gasteiger partial charge in [-0.3, -0.25) is 4.79 Å². The summed E-state index contributed by atoms with van der Waals surface area (Å²) in [6.07, 6.45) is 2.69. The zero-order valence-electron chi connectivity index (χ0n) is 10.1. The summed E-state index contributed by atoms with van der Waals surface area (Å²) < 4.78 is 4.93. The van der Waals surface area contributed by atoms with Crippen LogP contribution in [0.4, 0.5) is 0 Å². The minimum Gasteiger partial charge on any atom is -0.385 e. The second-order valence-corrected chi connectivity index (χ2v) is 4.07. The van der Waals surface area contributed by atoms with E-state index in [2.05, 4.69) is 5.32 Å². The van der Waals surface area contributed by atoms with Gasteiger partial charge in [0.05, 0.1) is 5.41 Å². The topological polar surface area (TPSA) is 64.4 Å². The van der Waals surface area contributed by atoms with E-state index in [0.29, 0.717) is 13.1 Å². The summed E-state index contributed by atoms with van der Waals surface area (Å²) in [7, 11) is 1.68. The quantitative estimate of drug-likeness (QED) is 0.593. The number of nitrogens with one attached hydrogen (secondary N) is 1. The lowest BCUT2D eigenvalue weighted by Crippen LogP contribution is -2.43. The third-order valence-electron chi connectivity index (χ3n) is 2.84. The van der Waals surface area contributed by atoms with E-state index in [4.69, 9.17) is 10.5 Å². The molecule has 0 bridgehead atoms. The van der Waals surface area contributed by atoms with Crippen molar-refractivity contribution >= 4 is 5.91 Å². The average Bonchev–Trinajstić information content (AvgIpc) is 2.27. The van der Waals surface area contributed by atoms with Crippen molar-refractivity contribution in [3.63, 3.8) is 0 Å². The molecule has 0 radical (unpaired) electrons. The third-order valence-corrected chi connectivity index (χ3v) is 2.84. The van der Waals surface area contributed by atoms with E-state index >= 15 is 0 Å². The van der Waals surface area contributed by atoms with Crippen LogP contribution in [0.15, 0.2) is 0 Å². The summed E-state index contributed by atoms with van der Waals surface area (Å²) >= 11 is 0. The van der Waals surface area contributed by atoms with Gasteiger partial charge in [0.1, 0.15) is 0 Å². The smallest absolute Gasteiger partial charge is 0.227 e. The van der Waals surface area contributed by atoms with Crippen molar-refractivity contribution in [2.24, 2.45) is 11.1 Å². The Labute approximate surface area is 92.6 Å². The normalized spacial score (nSPS) is 14.7. The Balaban J connectivity index is 3.73. The molecule has 15 heavy (non-hydrogen) atoms. The molecule has 0 saturated carbocycles. The number of unbranched alkanes of at least 4 members (excludes halogenated alkanes) is 1. The van der Waals surface area contributed by atoms with E-state index in [1.807, 2.05) is 13.8 Å². The van der Waals surface area contributed by atoms with E-state index in [9.17, 15) is 4.79 Å². The zero-order valence-corrected chi connectivity index (χ0v) is 10.1. The number of rotatable bonds is 8. The highest BCUT2D eigenvalue weighted by molar-refractivity contribution is 5.82. The number of amides is 1. The van der Waals surface area contributed by atoms with Crippen molar-refractivity contribution in [2.75, 3.05) is 26.8 Å². The van der Waals surface area contributed by atoms with Crippen LogP contribution in [0.5, 0.6) is 0 Å². The van der Waals surface area contributed by atoms with Crippen molar-refractivity contribution in [1.29, 1.82) is 0 Å². The van der Waals surface area contributed by atoms with Gasteiger partial charge in [0.25, 0.3) is 0 Å². The molecule has 0 aromatic carbocycles. The first kappa shape index (κ1) is 14.4. The summed E-state index contributed by atoms with van der Waals surface area (Å²) in [5.74, 6) is 0.0601. The first-order valence-electron chi connectivity index (χ1n) is 5.58. The van der Waals surface area contributed by atoms with Crippen molar-refractivity contribution in [3.05, 3.63) is 0 Å². The summed E-state index contributed by atoms with van der Waals surface area (Å²) in [5, 5.41) is 2.91. The first-order valence-corrected chi connectivity index (χ1v) is 5.58. The summed E-state index contributed by atoms with van der Waals surface area (Å²) in [4.78, 5) is 11.7. The standard InChI is InChI=1S/C11H24N2O2/c1-4-11(2,9-12)10(14)13-7-5-6-8-15-3/h4-9,12H2,1-3H3,(H,13,14). The molecule has 0 saturated heterocycles. The molecular formula is C11H24N2O2. The van der Waals surface area contributed by atoms with Crippen LogP contribution in [0, 0.1) is 5.41 Å². The average molecular weight is 216 g/mol. The Bertz CT molecular complexity index is 179. The predicted octanol–water partition coefficient (Wildman–Crippen LogP) is 0.904. The van der Waals surface area contributed by atoms with Crippen molar-refractivity contribution in [3.8, 4) is 0 Å². The molecular weight excluding hydrogens is 192 g/mol. The fraction of sp³-hybridized carbons (Fsp3) is 0.909. The van der Waals surface area contributed by atoms with Crippen LogP contribution in [0.25, 0.3) is 0 Å². The lowest BCUT2D eigenvalue weighted by atomic mass is 9.86. The number of ether oxygens (including phenoxy) is 1. The molecule has 0 aliphatic carbocycles. The fourth-order valence-electron chi connectivity index (χ4n) is 1.18. The molecule has 1 atom stereocenters. The molecule has 0 aromatic rings. The summed E-state index contributed by atoms with van der Waals surface area (Å²) in [6.45, 7) is 5.73. The number of carbonyl (C=O) groups is 1. The lowest BCUT2D eigenvalue weighted by Gasteiger charge is -2.24. The molecule has 0 rings (SSSR count). The second kappa shape index (κ2) is 7.65. The molecule has 0 aliphatic rings. The molecule has 0 fully saturated rings. The van der Waals surface area contributed by atoms with Crippen LogP contribution in [-0.4, -0.2) is 32.7 Å². The zero-order chi connectivity index (χ0) is 11.7. The van der Waals surface area contributed by atoms with Crippen molar-refractivity contribution < 1.29 is 9.53 Å². The van der Waals surface area contributed by atoms with Crippen LogP contribution >= 0.6 is 0 Å². The number of carbonyl (C=O) groups excluding carboxylic acids is 1. The molecule has 4 heteroatoms. The van der Waals surface area contributed by atoms with Gasteiger partial charge >= 0.3 is 0 Å². The van der Waals surface area contributed by atoms with E-state index < -0.39 is 5.41 Å². The molecule has 0 aromatic heterocycles. The molecule has 1 amide bonds. The highest BCUT2D eigenvalue weighted by Crippen LogP contribution is 2.18. The minimum atomic E-state index is -0.415. The third kappa shape index (κ3) is 5.14. The molecule has 4 nitrogen and oxygen atoms in total. The maximum absolute atomic E-state index is 11.7. The van der Waals surface area contributed by atoms with Gasteiger partial charge in [-0.1, -0.05) is 6.92 Å². The maximum atomic E-state index is 11.7. The largest absolute Gasteiger partial charge is 0.385 e. The van der Waals surface area contributed by atoms with Gasteiger partial charge in [0.2, 0.25) is 5.91 Å². The highest BCUT2D eigenvalue weighted by Gasteiger charge is 2.28. The lowest BCUT2D eigenvalue weighted by molar-refractivity contribution is -0.129. The highest BCUT2D eigenvalue weighted by atomic mass is 16.5. The number of hydrogen-bond acceptors (Lipinski definition) is 3. The number of nitrogens with two attached hydrogens (primary N) is 1. The Morgan fingerprint density at radius 3 is 2.60 bits per heavy atom. The summed E-state index contributed by atoms with van der Waals surface area (Å²) in [5.41, 5.74) is 5.17. The minimum absolute atomic E-state index is 0.0601. The van der Waals surface area contributed by atoms with Gasteiger partial charge < -0.3 is 15.8 Å². The molecule has 1 unspecified atom stereocenters. The SMILES string of the molecule is CCC(C)(CN)C(=O)NCCCCOC. The number of hydrogen-bond donors (Lipinski definition) is 2. The van der Waals surface area contributed by atoms with Crippen molar-refractivity contribution in [1.82, 2.24) is 5.32 Å². The van der Waals surface area contributed by atoms with E-state index in [-0.39, 0.29) is 5.91 Å². The molecule has 0 aliphatic heterocycles. The van der Waals surface area contributed by atoms with Gasteiger partial charge in [-0.2, -0.15) is 0 Å². The molecule has 90 valence electrons. The molecule has 0 spiro atoms. The van der Waals surface area contributed by atoms with Gasteiger partial charge in [0, 0.05) is 26.8 Å². The number of methoxy groups -OCH3 is 1. The Kier molecular flexibility index (Phi) is 7.34. The van der Waals surface area contributed by atoms with Gasteiger partial charge in [-0.15, -0.1) is 0 Å². The first-order chi connectivity index (χ1) is 7.10. The maximum Gasteiger partial charge on any atom is 0.227 e. The fourth-order valence-corrected chi connectivity index (χ4v) is 1.18. The Morgan fingerprint density at radius 1 is 1.47 bits per heavy atom. The van der Waals surface area contributed by atoms with Gasteiger partial charge in [-0.05, 0) is 26.2 Å². The van der Waals surface area contributed by atoms with Gasteiger partial charge in [-0.25, -0.2) is 0 Å². The van der Waals surface area contributed by atoms with Crippen LogP contribution in [-0.2, 0) is 9.53 Å². The molecule has 3 N–H and O–H groups in total. The van der Waals surface area contributed by atoms with E-state index in [1.54, 1.807) is 7.11 Å². The Hall–Kier alpha value is -0.610. The Morgan fingerprint density at radius 2 is 2.13 bits per heavy atom. The van der Waals surface area contributed by atoms with E-state index in [1.165, 1.54) is 0 Å². The van der Waals surface area contributed by atoms with Crippen LogP contribution < -0.4 is 11.1 Å². The van der Waals surface area contributed by atoms with Crippen LogP contribution in [0.2, 0.25) is 0 Å². The van der Waals surface area contributed by atoms with Crippen LogP contribution in [0.3, 0.4) is 0 Å². The van der Waals surface area contributed by atoms with Crippen molar-refractivity contribution in [2.45, 2.75) is 33.1 Å². The summed E-state index contributed by atoms with van der Waals surface area (Å²) in [6, 6.07) is 0. The predicted molar refractivity (Wildman–Crippen MR) is 61.6 cm³/mol. The van der Waals surface area contributed by atoms with Crippen LogP contribution in [0.1, 0.15) is 33.1 Å². The van der Waals surface area contributed by atoms with E-state index in [0.717, 1.165) is 25.9 Å². The second-order valence-electron chi connectivity index (χ2n) is 4.07.